The Balaban J connectivity index is 2.24. The molecule has 0 saturated carbocycles. The third-order valence-corrected chi connectivity index (χ3v) is 4.79. The molecule has 2 rings (SSSR count). The van der Waals surface area contributed by atoms with Crippen molar-refractivity contribution in [3.8, 4) is 0 Å². The van der Waals surface area contributed by atoms with E-state index in [9.17, 15) is 18.8 Å². The molecule has 1 unspecified atom stereocenters. The van der Waals surface area contributed by atoms with Crippen molar-refractivity contribution in [3.05, 3.63) is 46.9 Å². The Morgan fingerprint density at radius 2 is 2.00 bits per heavy atom. The fourth-order valence-electron chi connectivity index (χ4n) is 3.27. The zero-order chi connectivity index (χ0) is 22.1. The molecular formula is C21H27FN2O6. The summed E-state index contributed by atoms with van der Waals surface area (Å²) in [5.41, 5.74) is 1.08. The molecule has 0 aromatic heterocycles. The van der Waals surface area contributed by atoms with Gasteiger partial charge in [-0.1, -0.05) is 18.6 Å². The largest absolute Gasteiger partial charge is 0.481 e. The van der Waals surface area contributed by atoms with Gasteiger partial charge in [-0.3, -0.25) is 9.69 Å². The number of rotatable bonds is 11. The molecule has 0 bridgehead atoms. The molecule has 0 spiro atoms. The average Bonchev–Trinajstić information content (AvgIpc) is 2.69. The van der Waals surface area contributed by atoms with Gasteiger partial charge in [-0.05, 0) is 37.5 Å². The highest BCUT2D eigenvalue weighted by molar-refractivity contribution is 5.95. The molecule has 8 nitrogen and oxygen atoms in total. The van der Waals surface area contributed by atoms with E-state index in [-0.39, 0.29) is 25.2 Å². The van der Waals surface area contributed by atoms with Crippen LogP contribution in [0.4, 0.5) is 9.18 Å². The minimum atomic E-state index is -0.860. The number of amides is 2. The van der Waals surface area contributed by atoms with Crippen molar-refractivity contribution in [3.63, 3.8) is 0 Å². The van der Waals surface area contributed by atoms with Crippen LogP contribution < -0.4 is 5.32 Å². The minimum Gasteiger partial charge on any atom is -0.481 e. The van der Waals surface area contributed by atoms with Gasteiger partial charge < -0.3 is 19.9 Å². The van der Waals surface area contributed by atoms with Crippen LogP contribution >= 0.6 is 0 Å². The molecule has 164 valence electrons. The van der Waals surface area contributed by atoms with Gasteiger partial charge in [0.25, 0.3) is 0 Å². The van der Waals surface area contributed by atoms with Crippen LogP contribution in [0.2, 0.25) is 0 Å². The number of nitrogens with one attached hydrogen (secondary N) is 1. The molecule has 0 fully saturated rings. The van der Waals surface area contributed by atoms with Crippen molar-refractivity contribution < 1.29 is 33.4 Å². The van der Waals surface area contributed by atoms with Crippen molar-refractivity contribution in [1.29, 1.82) is 0 Å². The molecule has 1 aliphatic rings. The zero-order valence-electron chi connectivity index (χ0n) is 17.2. The van der Waals surface area contributed by atoms with Crippen molar-refractivity contribution in [2.24, 2.45) is 0 Å². The number of carbonyl (C=O) groups excluding carboxylic acids is 2. The molecule has 0 saturated heterocycles. The van der Waals surface area contributed by atoms with Crippen LogP contribution in [0.25, 0.3) is 0 Å². The lowest BCUT2D eigenvalue weighted by atomic mass is 9.94. The lowest BCUT2D eigenvalue weighted by molar-refractivity contribution is -0.141. The number of urea groups is 1. The van der Waals surface area contributed by atoms with Gasteiger partial charge in [0.05, 0.1) is 18.2 Å². The van der Waals surface area contributed by atoms with Crippen LogP contribution in [0.15, 0.2) is 35.5 Å². The summed E-state index contributed by atoms with van der Waals surface area (Å²) in [6, 6.07) is 4.44. The molecular weight excluding hydrogens is 395 g/mol. The topological polar surface area (TPSA) is 105 Å². The maximum atomic E-state index is 13.8. The number of aliphatic carboxylic acids is 1. The highest BCUT2D eigenvalue weighted by atomic mass is 19.1. The third kappa shape index (κ3) is 6.28. The second kappa shape index (κ2) is 11.3. The number of ether oxygens (including phenoxy) is 2. The summed E-state index contributed by atoms with van der Waals surface area (Å²) in [5, 5.41) is 11.5. The van der Waals surface area contributed by atoms with Crippen LogP contribution in [0.5, 0.6) is 0 Å². The summed E-state index contributed by atoms with van der Waals surface area (Å²) in [5.74, 6) is -1.96. The van der Waals surface area contributed by atoms with E-state index >= 15 is 0 Å². The molecule has 1 heterocycles. The minimum absolute atomic E-state index is 0.0467. The van der Waals surface area contributed by atoms with Crippen LogP contribution in [0.1, 0.15) is 44.2 Å². The molecule has 1 aromatic rings. The standard InChI is InChI=1S/C21H27FN2O6/c1-14-18(20(27)30-12-11-29-2)19(15-7-6-8-16(22)13-15)23-21(28)24(14)10-5-3-4-9-17(25)26/h6-8,13,19H,3-5,9-12H2,1-2H3,(H,23,28)(H,25,26). The Hall–Kier alpha value is -2.94. The maximum Gasteiger partial charge on any atom is 0.338 e. The molecule has 1 aliphatic heterocycles. The number of benzene rings is 1. The van der Waals surface area contributed by atoms with Crippen LogP contribution in [-0.4, -0.2) is 54.8 Å². The van der Waals surface area contributed by atoms with E-state index in [0.717, 1.165) is 0 Å². The molecule has 2 N–H and O–H groups in total. The van der Waals surface area contributed by atoms with Gasteiger partial charge in [0, 0.05) is 25.8 Å². The third-order valence-electron chi connectivity index (χ3n) is 4.79. The molecule has 1 atom stereocenters. The molecule has 30 heavy (non-hydrogen) atoms. The van der Waals surface area contributed by atoms with Crippen LogP contribution in [0, 0.1) is 5.82 Å². The normalized spacial score (nSPS) is 16.4. The number of carbonyl (C=O) groups is 3. The summed E-state index contributed by atoms with van der Waals surface area (Å²) < 4.78 is 23.9. The van der Waals surface area contributed by atoms with Crippen molar-refractivity contribution in [2.45, 2.75) is 38.6 Å². The molecule has 9 heteroatoms. The first-order chi connectivity index (χ1) is 14.3. The van der Waals surface area contributed by atoms with Gasteiger partial charge in [0.1, 0.15) is 12.4 Å². The molecule has 0 radical (unpaired) electrons. The number of carboxylic acids is 1. The number of hydrogen-bond acceptors (Lipinski definition) is 5. The van der Waals surface area contributed by atoms with E-state index in [4.69, 9.17) is 14.6 Å². The van der Waals surface area contributed by atoms with E-state index in [0.29, 0.717) is 37.1 Å². The number of unbranched alkanes of at least 4 members (excludes halogenated alkanes) is 2. The Kier molecular flexibility index (Phi) is 8.79. The number of halogens is 1. The van der Waals surface area contributed by atoms with Gasteiger partial charge in [-0.15, -0.1) is 0 Å². The Bertz CT molecular complexity index is 810. The first-order valence-corrected chi connectivity index (χ1v) is 9.77. The molecule has 1 aromatic carbocycles. The number of carboxylic acid groups (broad SMARTS) is 1. The number of methoxy groups -OCH3 is 1. The number of esters is 1. The monoisotopic (exact) mass is 422 g/mol. The number of nitrogens with zero attached hydrogens (tertiary/aromatic N) is 1. The number of allylic oxidation sites excluding steroid dienone is 1. The van der Waals surface area contributed by atoms with Crippen molar-refractivity contribution in [2.75, 3.05) is 26.9 Å². The van der Waals surface area contributed by atoms with Crippen LogP contribution in [-0.2, 0) is 19.1 Å². The van der Waals surface area contributed by atoms with Gasteiger partial charge in [-0.25, -0.2) is 14.0 Å². The average molecular weight is 422 g/mol. The smallest absolute Gasteiger partial charge is 0.338 e. The lowest BCUT2D eigenvalue weighted by Gasteiger charge is -2.35. The SMILES string of the molecule is COCCOC(=O)C1=C(C)N(CCCCCC(=O)O)C(=O)NC1c1cccc(F)c1. The predicted molar refractivity (Wildman–Crippen MR) is 106 cm³/mol. The van der Waals surface area contributed by atoms with Gasteiger partial charge >= 0.3 is 18.0 Å². The quantitative estimate of drug-likeness (QED) is 0.420. The van der Waals surface area contributed by atoms with Crippen molar-refractivity contribution >= 4 is 18.0 Å². The Labute approximate surface area is 174 Å². The van der Waals surface area contributed by atoms with Crippen molar-refractivity contribution in [1.82, 2.24) is 10.2 Å². The first kappa shape index (κ1) is 23.3. The van der Waals surface area contributed by atoms with E-state index in [1.165, 1.54) is 30.2 Å². The second-order valence-corrected chi connectivity index (χ2v) is 6.92. The van der Waals surface area contributed by atoms with Gasteiger partial charge in [0.2, 0.25) is 0 Å². The summed E-state index contributed by atoms with van der Waals surface area (Å²) in [6.45, 7) is 2.24. The highest BCUT2D eigenvalue weighted by Gasteiger charge is 2.36. The molecule has 2 amide bonds. The first-order valence-electron chi connectivity index (χ1n) is 9.77. The van der Waals surface area contributed by atoms with E-state index in [1.807, 2.05) is 0 Å². The summed E-state index contributed by atoms with van der Waals surface area (Å²) in [4.78, 5) is 37.5. The fraction of sp³-hybridized carbons (Fsp3) is 0.476. The summed E-state index contributed by atoms with van der Waals surface area (Å²) in [6.07, 6.45) is 1.78. The Morgan fingerprint density at radius 1 is 1.23 bits per heavy atom. The van der Waals surface area contributed by atoms with E-state index in [1.54, 1.807) is 13.0 Å². The maximum absolute atomic E-state index is 13.8. The van der Waals surface area contributed by atoms with Crippen LogP contribution in [0.3, 0.4) is 0 Å². The molecule has 0 aliphatic carbocycles. The lowest BCUT2D eigenvalue weighted by Crippen LogP contribution is -2.48. The number of hydrogen-bond donors (Lipinski definition) is 2. The zero-order valence-corrected chi connectivity index (χ0v) is 17.2. The predicted octanol–water partition coefficient (Wildman–Crippen LogP) is 3.00. The van der Waals surface area contributed by atoms with Gasteiger partial charge in [0.15, 0.2) is 0 Å². The fourth-order valence-corrected chi connectivity index (χ4v) is 3.27. The van der Waals surface area contributed by atoms with E-state index < -0.39 is 29.8 Å². The summed E-state index contributed by atoms with van der Waals surface area (Å²) in [7, 11) is 1.49. The van der Waals surface area contributed by atoms with Gasteiger partial charge in [-0.2, -0.15) is 0 Å². The Morgan fingerprint density at radius 3 is 2.67 bits per heavy atom. The van der Waals surface area contributed by atoms with E-state index in [2.05, 4.69) is 5.32 Å². The second-order valence-electron chi connectivity index (χ2n) is 6.92. The summed E-state index contributed by atoms with van der Waals surface area (Å²) >= 11 is 0. The highest BCUT2D eigenvalue weighted by Crippen LogP contribution is 2.31.